The second-order valence-corrected chi connectivity index (χ2v) is 6.22. The molecule has 4 nitrogen and oxygen atoms in total. The Morgan fingerprint density at radius 2 is 2.15 bits per heavy atom. The van der Waals surface area contributed by atoms with Crippen LogP contribution in [-0.2, 0) is 6.42 Å². The summed E-state index contributed by atoms with van der Waals surface area (Å²) in [6, 6.07) is 4.26. The van der Waals surface area contributed by atoms with E-state index in [1.807, 2.05) is 31.6 Å². The van der Waals surface area contributed by atoms with E-state index >= 15 is 0 Å². The molecule has 4 heteroatoms. The van der Waals surface area contributed by atoms with E-state index in [0.717, 1.165) is 29.9 Å². The fourth-order valence-corrected chi connectivity index (χ4v) is 2.94. The molecule has 0 aromatic carbocycles. The Labute approximate surface area is 119 Å². The van der Waals surface area contributed by atoms with Crippen LogP contribution in [0.3, 0.4) is 0 Å². The van der Waals surface area contributed by atoms with E-state index < -0.39 is 0 Å². The highest BCUT2D eigenvalue weighted by Gasteiger charge is 2.32. The summed E-state index contributed by atoms with van der Waals surface area (Å²) >= 11 is 0. The Morgan fingerprint density at radius 3 is 2.85 bits per heavy atom. The van der Waals surface area contributed by atoms with E-state index in [9.17, 15) is 0 Å². The lowest BCUT2D eigenvalue weighted by Gasteiger charge is -2.36. The van der Waals surface area contributed by atoms with E-state index in [0.29, 0.717) is 6.04 Å². The topological polar surface area (TPSA) is 50.7 Å². The van der Waals surface area contributed by atoms with Gasteiger partial charge in [-0.05, 0) is 37.4 Å². The molecule has 0 radical (unpaired) electrons. The van der Waals surface area contributed by atoms with E-state index in [-0.39, 0.29) is 5.41 Å². The quantitative estimate of drug-likeness (QED) is 0.910. The van der Waals surface area contributed by atoms with Crippen molar-refractivity contribution in [1.82, 2.24) is 20.3 Å². The summed E-state index contributed by atoms with van der Waals surface area (Å²) in [6.07, 6.45) is 7.66. The minimum absolute atomic E-state index is 0.265. The Hall–Kier alpha value is -1.81. The highest BCUT2D eigenvalue weighted by atomic mass is 14.9. The molecule has 20 heavy (non-hydrogen) atoms. The Kier molecular flexibility index (Phi) is 3.26. The lowest BCUT2D eigenvalue weighted by Crippen LogP contribution is -2.32. The van der Waals surface area contributed by atoms with E-state index in [1.165, 1.54) is 5.56 Å². The Bertz CT molecular complexity index is 607. The molecule has 2 aromatic rings. The molecule has 0 bridgehead atoms. The standard InChI is InChI=1S/C16H20N4/c1-16(2)7-13(17-3)12-10-19-15(20-14(12)8-16)11-5-4-6-18-9-11/h4-6,9-10,13,17H,7-8H2,1-3H3. The number of aromatic nitrogens is 3. The van der Waals surface area contributed by atoms with Gasteiger partial charge in [-0.3, -0.25) is 4.98 Å². The van der Waals surface area contributed by atoms with Crippen LogP contribution in [-0.4, -0.2) is 22.0 Å². The molecule has 0 fully saturated rings. The summed E-state index contributed by atoms with van der Waals surface area (Å²) in [5.74, 6) is 0.768. The molecular weight excluding hydrogens is 248 g/mol. The molecule has 104 valence electrons. The van der Waals surface area contributed by atoms with Gasteiger partial charge >= 0.3 is 0 Å². The van der Waals surface area contributed by atoms with Crippen molar-refractivity contribution in [2.45, 2.75) is 32.7 Å². The van der Waals surface area contributed by atoms with E-state index in [1.54, 1.807) is 6.20 Å². The molecule has 0 spiro atoms. The molecule has 3 rings (SSSR count). The van der Waals surface area contributed by atoms with Gasteiger partial charge in [-0.1, -0.05) is 13.8 Å². The largest absolute Gasteiger partial charge is 0.313 e. The van der Waals surface area contributed by atoms with Crippen LogP contribution in [0.15, 0.2) is 30.7 Å². The summed E-state index contributed by atoms with van der Waals surface area (Å²) < 4.78 is 0. The number of nitrogens with zero attached hydrogens (tertiary/aromatic N) is 3. The Balaban J connectivity index is 2.04. The minimum Gasteiger partial charge on any atom is -0.313 e. The SMILES string of the molecule is CNC1CC(C)(C)Cc2nc(-c3cccnc3)ncc21. The summed E-state index contributed by atoms with van der Waals surface area (Å²) in [4.78, 5) is 13.4. The highest BCUT2D eigenvalue weighted by Crippen LogP contribution is 2.39. The molecule has 2 heterocycles. The Morgan fingerprint density at radius 1 is 1.30 bits per heavy atom. The first-order chi connectivity index (χ1) is 9.59. The molecule has 0 aliphatic heterocycles. The van der Waals surface area contributed by atoms with Gasteiger partial charge in [0.05, 0.1) is 0 Å². The molecule has 1 N–H and O–H groups in total. The van der Waals surface area contributed by atoms with Gasteiger partial charge in [-0.25, -0.2) is 9.97 Å². The molecule has 1 atom stereocenters. The summed E-state index contributed by atoms with van der Waals surface area (Å²) in [6.45, 7) is 4.60. The van der Waals surface area contributed by atoms with Crippen LogP contribution < -0.4 is 5.32 Å². The predicted octanol–water partition coefficient (Wildman–Crippen LogP) is 2.77. The van der Waals surface area contributed by atoms with Crippen LogP contribution in [0, 0.1) is 5.41 Å². The van der Waals surface area contributed by atoms with E-state index in [4.69, 9.17) is 4.98 Å². The first kappa shape index (κ1) is 13.2. The lowest BCUT2D eigenvalue weighted by atomic mass is 9.74. The molecule has 1 aliphatic rings. The molecule has 0 saturated heterocycles. The minimum atomic E-state index is 0.265. The van der Waals surface area contributed by atoms with Crippen LogP contribution in [0.4, 0.5) is 0 Å². The molecule has 0 saturated carbocycles. The van der Waals surface area contributed by atoms with Crippen molar-refractivity contribution in [3.8, 4) is 11.4 Å². The number of rotatable bonds is 2. The summed E-state index contributed by atoms with van der Waals surface area (Å²) in [7, 11) is 2.00. The normalized spacial score (nSPS) is 20.4. The maximum absolute atomic E-state index is 4.79. The predicted molar refractivity (Wildman–Crippen MR) is 79.2 cm³/mol. The lowest BCUT2D eigenvalue weighted by molar-refractivity contribution is 0.260. The van der Waals surface area contributed by atoms with Crippen molar-refractivity contribution >= 4 is 0 Å². The van der Waals surface area contributed by atoms with Gasteiger partial charge in [0.15, 0.2) is 5.82 Å². The average molecular weight is 268 g/mol. The van der Waals surface area contributed by atoms with Crippen LogP contribution in [0.25, 0.3) is 11.4 Å². The second kappa shape index (κ2) is 4.94. The van der Waals surface area contributed by atoms with Crippen molar-refractivity contribution in [3.63, 3.8) is 0 Å². The summed E-state index contributed by atoms with van der Waals surface area (Å²) in [5.41, 5.74) is 3.63. The molecular formula is C16H20N4. The van der Waals surface area contributed by atoms with Crippen molar-refractivity contribution in [3.05, 3.63) is 42.0 Å². The van der Waals surface area contributed by atoms with Gasteiger partial charge in [0.2, 0.25) is 0 Å². The maximum Gasteiger partial charge on any atom is 0.160 e. The van der Waals surface area contributed by atoms with Crippen LogP contribution in [0.5, 0.6) is 0 Å². The van der Waals surface area contributed by atoms with Gasteiger partial charge in [-0.2, -0.15) is 0 Å². The zero-order valence-corrected chi connectivity index (χ0v) is 12.2. The van der Waals surface area contributed by atoms with Crippen molar-refractivity contribution < 1.29 is 0 Å². The van der Waals surface area contributed by atoms with Crippen LogP contribution in [0.1, 0.15) is 37.6 Å². The van der Waals surface area contributed by atoms with Gasteiger partial charge < -0.3 is 5.32 Å². The fourth-order valence-electron chi connectivity index (χ4n) is 2.94. The number of fused-ring (bicyclic) bond motifs is 1. The van der Waals surface area contributed by atoms with Gasteiger partial charge in [-0.15, -0.1) is 0 Å². The van der Waals surface area contributed by atoms with Crippen molar-refractivity contribution in [2.24, 2.45) is 5.41 Å². The van der Waals surface area contributed by atoms with Gasteiger partial charge in [0.1, 0.15) is 0 Å². The zero-order chi connectivity index (χ0) is 14.2. The molecule has 1 aliphatic carbocycles. The molecule has 1 unspecified atom stereocenters. The third-order valence-electron chi connectivity index (χ3n) is 3.95. The van der Waals surface area contributed by atoms with Crippen molar-refractivity contribution in [1.29, 1.82) is 0 Å². The smallest absolute Gasteiger partial charge is 0.160 e. The van der Waals surface area contributed by atoms with Crippen molar-refractivity contribution in [2.75, 3.05) is 7.05 Å². The number of nitrogens with one attached hydrogen (secondary N) is 1. The van der Waals surface area contributed by atoms with Crippen LogP contribution in [0.2, 0.25) is 0 Å². The average Bonchev–Trinajstić information content (AvgIpc) is 2.45. The molecule has 0 amide bonds. The van der Waals surface area contributed by atoms with Gasteiger partial charge in [0.25, 0.3) is 0 Å². The third kappa shape index (κ3) is 2.43. The first-order valence-electron chi connectivity index (χ1n) is 7.02. The number of hydrogen-bond donors (Lipinski definition) is 1. The summed E-state index contributed by atoms with van der Waals surface area (Å²) in [5, 5.41) is 3.38. The third-order valence-corrected chi connectivity index (χ3v) is 3.95. The highest BCUT2D eigenvalue weighted by molar-refractivity contribution is 5.53. The molecule has 2 aromatic heterocycles. The first-order valence-corrected chi connectivity index (χ1v) is 7.02. The van der Waals surface area contributed by atoms with Gasteiger partial charge in [0, 0.05) is 41.5 Å². The maximum atomic E-state index is 4.79. The number of pyridine rings is 1. The second-order valence-electron chi connectivity index (χ2n) is 6.22. The monoisotopic (exact) mass is 268 g/mol. The fraction of sp³-hybridized carbons (Fsp3) is 0.438. The number of hydrogen-bond acceptors (Lipinski definition) is 4. The zero-order valence-electron chi connectivity index (χ0n) is 12.2. The van der Waals surface area contributed by atoms with E-state index in [2.05, 4.69) is 29.1 Å². The van der Waals surface area contributed by atoms with Crippen LogP contribution >= 0.6 is 0 Å².